The number of nitrogens with zero attached hydrogens (tertiary/aromatic N) is 1. The molecule has 0 amide bonds. The summed E-state index contributed by atoms with van der Waals surface area (Å²) < 4.78 is 18.0. The van der Waals surface area contributed by atoms with Crippen molar-refractivity contribution in [3.63, 3.8) is 0 Å². The SMILES string of the molecule is CCCC/C=C\CCCCCCCC(=O)OCC(COC(=O)CCCCCCC/C=C\CCCC)(COC(=O)CCCCCCCCCCCCC)[N+](C)(C)C. The van der Waals surface area contributed by atoms with E-state index < -0.39 is 5.54 Å². The van der Waals surface area contributed by atoms with Gasteiger partial charge in [0.25, 0.3) is 0 Å². The van der Waals surface area contributed by atoms with Gasteiger partial charge in [-0.2, -0.15) is 0 Å². The number of hydrogen-bond acceptors (Lipinski definition) is 6. The zero-order valence-electron chi connectivity index (χ0n) is 38.0. The van der Waals surface area contributed by atoms with Gasteiger partial charge >= 0.3 is 17.9 Å². The van der Waals surface area contributed by atoms with Crippen LogP contribution >= 0.6 is 0 Å². The average molecular weight is 791 g/mol. The molecule has 0 N–H and O–H groups in total. The molecule has 0 aromatic heterocycles. The maximum Gasteiger partial charge on any atom is 0.306 e. The lowest BCUT2D eigenvalue weighted by atomic mass is 9.98. The second-order valence-corrected chi connectivity index (χ2v) is 17.3. The van der Waals surface area contributed by atoms with Crippen molar-refractivity contribution in [3.8, 4) is 0 Å². The van der Waals surface area contributed by atoms with Gasteiger partial charge in [-0.05, 0) is 57.8 Å². The van der Waals surface area contributed by atoms with Gasteiger partial charge in [0.15, 0.2) is 19.8 Å². The number of quaternary nitrogens is 1. The monoisotopic (exact) mass is 791 g/mol. The van der Waals surface area contributed by atoms with Crippen molar-refractivity contribution >= 4 is 17.9 Å². The van der Waals surface area contributed by atoms with Gasteiger partial charge in [0.05, 0.1) is 21.1 Å². The first-order valence-corrected chi connectivity index (χ1v) is 23.7. The van der Waals surface area contributed by atoms with E-state index in [1.54, 1.807) is 0 Å². The molecule has 0 aromatic carbocycles. The first kappa shape index (κ1) is 53.9. The number of esters is 3. The normalized spacial score (nSPS) is 12.2. The van der Waals surface area contributed by atoms with Crippen LogP contribution in [0.3, 0.4) is 0 Å². The van der Waals surface area contributed by atoms with Crippen molar-refractivity contribution in [3.05, 3.63) is 24.3 Å². The van der Waals surface area contributed by atoms with Crippen LogP contribution in [0.1, 0.15) is 226 Å². The fourth-order valence-corrected chi connectivity index (χ4v) is 6.74. The molecular formula is C49H92NO6+. The van der Waals surface area contributed by atoms with Gasteiger partial charge in [-0.15, -0.1) is 0 Å². The molecule has 0 aliphatic carbocycles. The van der Waals surface area contributed by atoms with Gasteiger partial charge in [0.1, 0.15) is 0 Å². The van der Waals surface area contributed by atoms with Gasteiger partial charge in [0.2, 0.25) is 5.54 Å². The zero-order valence-corrected chi connectivity index (χ0v) is 38.0. The molecule has 0 unspecified atom stereocenters. The van der Waals surface area contributed by atoms with Crippen LogP contribution in [-0.4, -0.2) is 68.9 Å². The molecular weight excluding hydrogens is 699 g/mol. The van der Waals surface area contributed by atoms with Gasteiger partial charge in [-0.3, -0.25) is 14.4 Å². The molecule has 0 aliphatic rings. The molecule has 0 aromatic rings. The highest BCUT2D eigenvalue weighted by atomic mass is 16.6. The molecule has 0 bridgehead atoms. The average Bonchev–Trinajstić information content (AvgIpc) is 3.17. The summed E-state index contributed by atoms with van der Waals surface area (Å²) in [5.74, 6) is -0.752. The Kier molecular flexibility index (Phi) is 36.9. The minimum absolute atomic E-state index is 0.0194. The van der Waals surface area contributed by atoms with Crippen molar-refractivity contribution < 1.29 is 33.1 Å². The van der Waals surface area contributed by atoms with Crippen molar-refractivity contribution in [2.24, 2.45) is 0 Å². The van der Waals surface area contributed by atoms with Crippen molar-refractivity contribution in [1.29, 1.82) is 0 Å². The molecule has 0 aliphatic heterocycles. The van der Waals surface area contributed by atoms with Crippen molar-refractivity contribution in [1.82, 2.24) is 0 Å². The Balaban J connectivity index is 4.94. The van der Waals surface area contributed by atoms with E-state index in [1.165, 1.54) is 116 Å². The largest absolute Gasteiger partial charge is 0.459 e. The van der Waals surface area contributed by atoms with E-state index in [1.807, 2.05) is 21.1 Å². The molecule has 0 radical (unpaired) electrons. The van der Waals surface area contributed by atoms with E-state index in [4.69, 9.17) is 14.2 Å². The van der Waals surface area contributed by atoms with Gasteiger partial charge in [0, 0.05) is 19.3 Å². The first-order valence-electron chi connectivity index (χ1n) is 23.7. The minimum Gasteiger partial charge on any atom is -0.459 e. The van der Waals surface area contributed by atoms with Gasteiger partial charge in [-0.1, -0.05) is 173 Å². The summed E-state index contributed by atoms with van der Waals surface area (Å²) in [7, 11) is 5.95. The molecule has 0 fully saturated rings. The van der Waals surface area contributed by atoms with E-state index >= 15 is 0 Å². The fraction of sp³-hybridized carbons (Fsp3) is 0.857. The number of unbranched alkanes of at least 4 members (excludes halogenated alkanes) is 24. The van der Waals surface area contributed by atoms with Gasteiger partial charge in [-0.25, -0.2) is 0 Å². The molecule has 0 saturated carbocycles. The molecule has 0 heterocycles. The maximum absolute atomic E-state index is 13.0. The fourth-order valence-electron chi connectivity index (χ4n) is 6.74. The Hall–Kier alpha value is -2.15. The lowest BCUT2D eigenvalue weighted by Crippen LogP contribution is -2.65. The van der Waals surface area contributed by atoms with Crippen molar-refractivity contribution in [2.75, 3.05) is 41.0 Å². The number of allylic oxidation sites excluding steroid dienone is 4. The van der Waals surface area contributed by atoms with Crippen LogP contribution in [-0.2, 0) is 28.6 Å². The second kappa shape index (κ2) is 38.4. The van der Waals surface area contributed by atoms with Crippen LogP contribution in [0.15, 0.2) is 24.3 Å². The van der Waals surface area contributed by atoms with Crippen LogP contribution in [0.4, 0.5) is 0 Å². The van der Waals surface area contributed by atoms with Gasteiger partial charge < -0.3 is 18.7 Å². The number of hydrogen-bond donors (Lipinski definition) is 0. The Morgan fingerprint density at radius 3 is 0.911 bits per heavy atom. The summed E-state index contributed by atoms with van der Waals surface area (Å²) in [5.41, 5.74) is -0.909. The molecule has 0 saturated heterocycles. The molecule has 7 nitrogen and oxygen atoms in total. The van der Waals surface area contributed by atoms with Crippen LogP contribution in [0.2, 0.25) is 0 Å². The Labute approximate surface area is 347 Å². The molecule has 0 rings (SSSR count). The second-order valence-electron chi connectivity index (χ2n) is 17.3. The van der Waals surface area contributed by atoms with E-state index in [0.717, 1.165) is 70.6 Å². The Morgan fingerprint density at radius 1 is 0.375 bits per heavy atom. The summed E-state index contributed by atoms with van der Waals surface area (Å²) in [6, 6.07) is 0. The standard InChI is InChI=1S/C49H92NO6/c1-7-10-13-16-19-22-25-28-31-34-37-40-46(51)54-43-49(50(4,5)6,44-55-47(52)41-38-35-32-29-26-23-20-17-14-11-8-2)45-56-48(53)42-39-36-33-30-27-24-21-18-15-12-9-3/h16-17,19-20H,7-15,18,21-45H2,1-6H3/q+1/b19-16-,20-17-. The molecule has 328 valence electrons. The summed E-state index contributed by atoms with van der Waals surface area (Å²) >= 11 is 0. The summed E-state index contributed by atoms with van der Waals surface area (Å²) in [5, 5.41) is 0. The number of rotatable bonds is 41. The first-order chi connectivity index (χ1) is 27.1. The quantitative estimate of drug-likeness (QED) is 0.0202. The zero-order chi connectivity index (χ0) is 41.4. The highest BCUT2D eigenvalue weighted by Crippen LogP contribution is 2.24. The molecule has 7 heteroatoms. The van der Waals surface area contributed by atoms with Crippen LogP contribution in [0.25, 0.3) is 0 Å². The lowest BCUT2D eigenvalue weighted by Gasteiger charge is -2.44. The summed E-state index contributed by atoms with van der Waals surface area (Å²) in [6.07, 6.45) is 43.9. The molecule has 56 heavy (non-hydrogen) atoms. The maximum atomic E-state index is 13.0. The number of ether oxygens (including phenoxy) is 3. The van der Waals surface area contributed by atoms with E-state index in [0.29, 0.717) is 23.7 Å². The third-order valence-electron chi connectivity index (χ3n) is 11.2. The van der Waals surface area contributed by atoms with E-state index in [9.17, 15) is 14.4 Å². The van der Waals surface area contributed by atoms with Crippen LogP contribution < -0.4 is 0 Å². The predicted octanol–water partition coefficient (Wildman–Crippen LogP) is 13.7. The highest BCUT2D eigenvalue weighted by Gasteiger charge is 2.47. The third kappa shape index (κ3) is 32.9. The smallest absolute Gasteiger partial charge is 0.306 e. The van der Waals surface area contributed by atoms with E-state index in [2.05, 4.69) is 45.1 Å². The Morgan fingerprint density at radius 2 is 0.625 bits per heavy atom. The third-order valence-corrected chi connectivity index (χ3v) is 11.2. The summed E-state index contributed by atoms with van der Waals surface area (Å²) in [4.78, 5) is 38.9. The van der Waals surface area contributed by atoms with Crippen LogP contribution in [0, 0.1) is 0 Å². The highest BCUT2D eigenvalue weighted by molar-refractivity contribution is 5.70. The number of likely N-dealkylation sites (N-methyl/N-ethyl adjacent to an activating group) is 1. The molecule has 0 atom stereocenters. The van der Waals surface area contributed by atoms with Crippen LogP contribution in [0.5, 0.6) is 0 Å². The predicted molar refractivity (Wildman–Crippen MR) is 237 cm³/mol. The topological polar surface area (TPSA) is 78.9 Å². The lowest BCUT2D eigenvalue weighted by molar-refractivity contribution is -0.925. The Bertz CT molecular complexity index is 936. The number of carbonyl (C=O) groups is 3. The summed E-state index contributed by atoms with van der Waals surface area (Å²) in [6.45, 7) is 6.76. The molecule has 0 spiro atoms. The number of carbonyl (C=O) groups excluding carboxylic acids is 3. The minimum atomic E-state index is -0.909. The van der Waals surface area contributed by atoms with E-state index in [-0.39, 0.29) is 37.7 Å². The van der Waals surface area contributed by atoms with Crippen molar-refractivity contribution in [2.45, 2.75) is 232 Å².